The van der Waals surface area contributed by atoms with Gasteiger partial charge in [-0.1, -0.05) is 42.5 Å². The van der Waals surface area contributed by atoms with E-state index >= 15 is 0 Å². The zero-order valence-electron chi connectivity index (χ0n) is 12.2. The molecule has 2 rings (SSSR count). The molecule has 0 spiro atoms. The smallest absolute Gasteiger partial charge is 0.325 e. The van der Waals surface area contributed by atoms with Crippen molar-refractivity contribution < 1.29 is 24.9 Å². The van der Waals surface area contributed by atoms with Crippen molar-refractivity contribution in [1.29, 1.82) is 0 Å². The summed E-state index contributed by atoms with van der Waals surface area (Å²) in [7, 11) is 0. The number of phenols is 1. The Morgan fingerprint density at radius 1 is 0.739 bits per heavy atom. The second-order valence-electron chi connectivity index (χ2n) is 4.63. The van der Waals surface area contributed by atoms with Crippen molar-refractivity contribution in [2.75, 3.05) is 0 Å². The first-order chi connectivity index (χ1) is 10.8. The number of aliphatic carboxylic acids is 2. The van der Waals surface area contributed by atoms with Crippen molar-refractivity contribution in [2.24, 2.45) is 11.5 Å². The average Bonchev–Trinajstić information content (AvgIpc) is 2.55. The molecular formula is C16H18N2O5. The van der Waals surface area contributed by atoms with Gasteiger partial charge in [-0.25, -0.2) is 0 Å². The molecule has 0 aliphatic rings. The lowest BCUT2D eigenvalue weighted by Gasteiger charge is -2.05. The summed E-state index contributed by atoms with van der Waals surface area (Å²) in [6.07, 6.45) is 0. The highest BCUT2D eigenvalue weighted by molar-refractivity contribution is 5.75. The Bertz CT molecular complexity index is 643. The molecular weight excluding hydrogens is 300 g/mol. The molecule has 2 atom stereocenters. The Morgan fingerprint density at radius 2 is 1.13 bits per heavy atom. The first-order valence-electron chi connectivity index (χ1n) is 6.63. The summed E-state index contributed by atoms with van der Waals surface area (Å²) in [6, 6.07) is 12.6. The van der Waals surface area contributed by atoms with Crippen LogP contribution in [-0.4, -0.2) is 27.3 Å². The van der Waals surface area contributed by atoms with Crippen LogP contribution in [0.4, 0.5) is 0 Å². The molecule has 0 aliphatic carbocycles. The topological polar surface area (TPSA) is 147 Å². The average molecular weight is 318 g/mol. The SMILES string of the molecule is N[C@@H](C(=O)O)c1ccc(O)cc1.N[C@@H](C(=O)O)c1ccccc1. The van der Waals surface area contributed by atoms with E-state index in [0.717, 1.165) is 0 Å². The van der Waals surface area contributed by atoms with Crippen LogP contribution in [0.1, 0.15) is 23.2 Å². The Hall–Kier alpha value is -2.90. The molecule has 0 heterocycles. The van der Waals surface area contributed by atoms with E-state index < -0.39 is 24.0 Å². The van der Waals surface area contributed by atoms with E-state index in [1.807, 2.05) is 6.07 Å². The van der Waals surface area contributed by atoms with E-state index in [1.165, 1.54) is 24.3 Å². The number of carbonyl (C=O) groups is 2. The molecule has 0 aliphatic heterocycles. The highest BCUT2D eigenvalue weighted by Gasteiger charge is 2.13. The first-order valence-corrected chi connectivity index (χ1v) is 6.63. The monoisotopic (exact) mass is 318 g/mol. The third kappa shape index (κ3) is 5.77. The van der Waals surface area contributed by atoms with Crippen molar-refractivity contribution in [3.8, 4) is 5.75 Å². The lowest BCUT2D eigenvalue weighted by Crippen LogP contribution is -2.20. The third-order valence-electron chi connectivity index (χ3n) is 2.94. The van der Waals surface area contributed by atoms with E-state index in [9.17, 15) is 9.59 Å². The number of carboxylic acids is 2. The van der Waals surface area contributed by atoms with Gasteiger partial charge in [0.15, 0.2) is 0 Å². The van der Waals surface area contributed by atoms with Crippen LogP contribution in [0, 0.1) is 0 Å². The van der Waals surface area contributed by atoms with E-state index in [1.54, 1.807) is 24.3 Å². The Kier molecular flexibility index (Phi) is 6.72. The van der Waals surface area contributed by atoms with Crippen molar-refractivity contribution in [2.45, 2.75) is 12.1 Å². The van der Waals surface area contributed by atoms with E-state index in [-0.39, 0.29) is 5.75 Å². The van der Waals surface area contributed by atoms with E-state index in [0.29, 0.717) is 11.1 Å². The number of aromatic hydroxyl groups is 1. The lowest BCUT2D eigenvalue weighted by atomic mass is 10.1. The van der Waals surface area contributed by atoms with Crippen molar-refractivity contribution in [3.05, 3.63) is 65.7 Å². The van der Waals surface area contributed by atoms with Crippen LogP contribution in [0.3, 0.4) is 0 Å². The molecule has 0 unspecified atom stereocenters. The molecule has 2 aromatic rings. The normalized spacial score (nSPS) is 12.4. The minimum absolute atomic E-state index is 0.0938. The minimum Gasteiger partial charge on any atom is -0.508 e. The summed E-state index contributed by atoms with van der Waals surface area (Å²) in [5, 5.41) is 25.9. The summed E-state index contributed by atoms with van der Waals surface area (Å²) in [4.78, 5) is 20.8. The van der Waals surface area contributed by atoms with Gasteiger partial charge in [-0.15, -0.1) is 0 Å². The Morgan fingerprint density at radius 3 is 1.52 bits per heavy atom. The fourth-order valence-electron chi connectivity index (χ4n) is 1.63. The molecule has 0 aromatic heterocycles. The zero-order valence-corrected chi connectivity index (χ0v) is 12.2. The van der Waals surface area contributed by atoms with E-state index in [2.05, 4.69) is 0 Å². The first kappa shape index (κ1) is 18.1. The van der Waals surface area contributed by atoms with Crippen LogP contribution in [0.5, 0.6) is 5.75 Å². The van der Waals surface area contributed by atoms with Crippen LogP contribution in [-0.2, 0) is 9.59 Å². The van der Waals surface area contributed by atoms with Gasteiger partial charge in [-0.2, -0.15) is 0 Å². The number of benzene rings is 2. The highest BCUT2D eigenvalue weighted by atomic mass is 16.4. The molecule has 7 N–H and O–H groups in total. The Balaban J connectivity index is 0.000000231. The van der Waals surface area contributed by atoms with Crippen molar-refractivity contribution >= 4 is 11.9 Å². The van der Waals surface area contributed by atoms with Crippen LogP contribution >= 0.6 is 0 Å². The minimum atomic E-state index is -1.08. The van der Waals surface area contributed by atoms with Gasteiger partial charge in [-0.05, 0) is 23.3 Å². The fraction of sp³-hybridized carbons (Fsp3) is 0.125. The molecule has 0 saturated carbocycles. The van der Waals surface area contributed by atoms with Gasteiger partial charge in [0.2, 0.25) is 0 Å². The van der Waals surface area contributed by atoms with Crippen molar-refractivity contribution in [3.63, 3.8) is 0 Å². The number of hydrogen-bond donors (Lipinski definition) is 5. The quantitative estimate of drug-likeness (QED) is 0.570. The van der Waals surface area contributed by atoms with Gasteiger partial charge in [0.05, 0.1) is 0 Å². The van der Waals surface area contributed by atoms with Gasteiger partial charge in [0, 0.05) is 0 Å². The maximum atomic E-state index is 10.4. The van der Waals surface area contributed by atoms with Gasteiger partial charge >= 0.3 is 11.9 Å². The maximum Gasteiger partial charge on any atom is 0.325 e. The predicted molar refractivity (Wildman–Crippen MR) is 83.7 cm³/mol. The van der Waals surface area contributed by atoms with Gasteiger partial charge in [0.25, 0.3) is 0 Å². The molecule has 0 radical (unpaired) electrons. The largest absolute Gasteiger partial charge is 0.508 e. The van der Waals surface area contributed by atoms with Crippen LogP contribution in [0.25, 0.3) is 0 Å². The summed E-state index contributed by atoms with van der Waals surface area (Å²) >= 11 is 0. The summed E-state index contributed by atoms with van der Waals surface area (Å²) in [5.41, 5.74) is 11.7. The standard InChI is InChI=1S/C8H9NO3.C8H9NO2/c9-7(8(11)12)5-1-3-6(10)4-2-5;9-7(8(10)11)6-4-2-1-3-5-6/h1-4,7,10H,9H2,(H,11,12);1-5,7H,9H2,(H,10,11)/t2*7-/m11/s1. The molecule has 0 saturated heterocycles. The molecule has 0 bridgehead atoms. The van der Waals surface area contributed by atoms with Gasteiger partial charge in [-0.3, -0.25) is 9.59 Å². The van der Waals surface area contributed by atoms with Crippen molar-refractivity contribution in [1.82, 2.24) is 0 Å². The predicted octanol–water partition coefficient (Wildman–Crippen LogP) is 1.25. The fourth-order valence-corrected chi connectivity index (χ4v) is 1.63. The maximum absolute atomic E-state index is 10.4. The second-order valence-corrected chi connectivity index (χ2v) is 4.63. The number of hydrogen-bond acceptors (Lipinski definition) is 5. The van der Waals surface area contributed by atoms with Crippen LogP contribution in [0.15, 0.2) is 54.6 Å². The number of phenolic OH excluding ortho intramolecular Hbond substituents is 1. The zero-order chi connectivity index (χ0) is 17.4. The highest BCUT2D eigenvalue weighted by Crippen LogP contribution is 2.14. The lowest BCUT2D eigenvalue weighted by molar-refractivity contribution is -0.139. The Labute approximate surface area is 132 Å². The number of rotatable bonds is 4. The number of carboxylic acid groups (broad SMARTS) is 2. The third-order valence-corrected chi connectivity index (χ3v) is 2.94. The van der Waals surface area contributed by atoms with Crippen LogP contribution in [0.2, 0.25) is 0 Å². The molecule has 122 valence electrons. The van der Waals surface area contributed by atoms with Gasteiger partial charge < -0.3 is 26.8 Å². The molecule has 7 nitrogen and oxygen atoms in total. The molecule has 0 fully saturated rings. The second kappa shape index (κ2) is 8.52. The molecule has 0 amide bonds. The summed E-state index contributed by atoms with van der Waals surface area (Å²) in [5.74, 6) is -1.99. The molecule has 7 heteroatoms. The molecule has 23 heavy (non-hydrogen) atoms. The number of nitrogens with two attached hydrogens (primary N) is 2. The van der Waals surface area contributed by atoms with Crippen LogP contribution < -0.4 is 11.5 Å². The van der Waals surface area contributed by atoms with Gasteiger partial charge in [0.1, 0.15) is 17.8 Å². The molecule has 2 aromatic carbocycles. The van der Waals surface area contributed by atoms with E-state index in [4.69, 9.17) is 26.8 Å². The summed E-state index contributed by atoms with van der Waals surface area (Å²) < 4.78 is 0. The summed E-state index contributed by atoms with van der Waals surface area (Å²) in [6.45, 7) is 0.